The van der Waals surface area contributed by atoms with Crippen LogP contribution < -0.4 is 9.47 Å². The lowest BCUT2D eigenvalue weighted by Gasteiger charge is -2.19. The van der Waals surface area contributed by atoms with Crippen LogP contribution in [0.3, 0.4) is 0 Å². The fourth-order valence-corrected chi connectivity index (χ4v) is 6.08. The van der Waals surface area contributed by atoms with Crippen LogP contribution in [-0.2, 0) is 16.0 Å². The van der Waals surface area contributed by atoms with Crippen LogP contribution in [-0.4, -0.2) is 29.7 Å². The summed E-state index contributed by atoms with van der Waals surface area (Å²) in [5, 5.41) is 0. The van der Waals surface area contributed by atoms with E-state index in [-0.39, 0.29) is 24.1 Å². The SMILES string of the molecule is COC(=O)C[C@@H]1COc2cc(O[C@@H]3CCc4c(-c5c(C)cc(-c6c[nH]c(C)n6)cc5C)ccc(F)c43)ccc21. The Bertz CT molecular complexity index is 1570. The van der Waals surface area contributed by atoms with Crippen molar-refractivity contribution in [2.75, 3.05) is 13.7 Å². The number of aromatic nitrogens is 2. The van der Waals surface area contributed by atoms with E-state index < -0.39 is 6.10 Å². The van der Waals surface area contributed by atoms with E-state index in [2.05, 4.69) is 35.9 Å². The minimum Gasteiger partial charge on any atom is -0.492 e. The van der Waals surface area contributed by atoms with Crippen molar-refractivity contribution in [2.24, 2.45) is 0 Å². The maximum atomic E-state index is 15.3. The summed E-state index contributed by atoms with van der Waals surface area (Å²) < 4.78 is 32.3. The van der Waals surface area contributed by atoms with Gasteiger partial charge in [0.25, 0.3) is 0 Å². The fraction of sp³-hybridized carbons (Fsp3) is 0.312. The summed E-state index contributed by atoms with van der Waals surface area (Å²) in [5.41, 5.74) is 9.01. The van der Waals surface area contributed by atoms with Crippen molar-refractivity contribution in [2.45, 2.75) is 52.1 Å². The van der Waals surface area contributed by atoms with E-state index in [4.69, 9.17) is 14.2 Å². The molecule has 6 nitrogen and oxygen atoms in total. The van der Waals surface area contributed by atoms with E-state index >= 15 is 4.39 Å². The van der Waals surface area contributed by atoms with E-state index in [1.807, 2.05) is 37.4 Å². The Balaban J connectivity index is 1.29. The standard InChI is InChI=1S/C32H31FN2O4/c1-17-11-20(27-15-34-19(3)35-27)12-18(2)31(17)24-7-9-26(33)32-25(24)8-10-28(32)39-22-5-6-23-21(13-30(36)37-4)16-38-29(23)14-22/h5-7,9,11-12,14-15,21,28H,8,10,13,16H2,1-4H3,(H,34,35)/t21-,28-/m1/s1. The van der Waals surface area contributed by atoms with Crippen LogP contribution in [0.1, 0.15) is 58.5 Å². The second-order valence-corrected chi connectivity index (χ2v) is 10.5. The molecule has 200 valence electrons. The first kappa shape index (κ1) is 25.2. The number of nitrogens with one attached hydrogen (secondary N) is 1. The third kappa shape index (κ3) is 4.56. The van der Waals surface area contributed by atoms with Crippen LogP contribution in [0, 0.1) is 26.6 Å². The van der Waals surface area contributed by atoms with Crippen molar-refractivity contribution >= 4 is 5.97 Å². The first-order valence-electron chi connectivity index (χ1n) is 13.3. The molecule has 0 bridgehead atoms. The third-order valence-corrected chi connectivity index (χ3v) is 7.87. The Hall–Kier alpha value is -4.13. The molecule has 39 heavy (non-hydrogen) atoms. The predicted octanol–water partition coefficient (Wildman–Crippen LogP) is 6.91. The highest BCUT2D eigenvalue weighted by molar-refractivity contribution is 5.79. The highest BCUT2D eigenvalue weighted by atomic mass is 19.1. The van der Waals surface area contributed by atoms with E-state index in [1.54, 1.807) is 6.07 Å². The number of methoxy groups -OCH3 is 1. The average Bonchev–Trinajstić information content (AvgIpc) is 3.64. The molecule has 2 heterocycles. The minimum atomic E-state index is -0.391. The number of aromatic amines is 1. The predicted molar refractivity (Wildman–Crippen MR) is 147 cm³/mol. The number of hydrogen-bond donors (Lipinski definition) is 1. The monoisotopic (exact) mass is 526 g/mol. The van der Waals surface area contributed by atoms with Gasteiger partial charge in [-0.25, -0.2) is 9.37 Å². The molecule has 2 atom stereocenters. The molecule has 0 amide bonds. The minimum absolute atomic E-state index is 0.0383. The summed E-state index contributed by atoms with van der Waals surface area (Å²) in [5.74, 6) is 1.66. The Morgan fingerprint density at radius 2 is 1.92 bits per heavy atom. The number of H-pyrrole nitrogens is 1. The molecule has 4 aromatic rings. The van der Waals surface area contributed by atoms with Crippen LogP contribution in [0.25, 0.3) is 22.4 Å². The van der Waals surface area contributed by atoms with Gasteiger partial charge in [-0.15, -0.1) is 0 Å². The second kappa shape index (κ2) is 9.88. The molecule has 0 fully saturated rings. The Morgan fingerprint density at radius 3 is 2.64 bits per heavy atom. The highest BCUT2D eigenvalue weighted by Gasteiger charge is 2.32. The van der Waals surface area contributed by atoms with Crippen molar-refractivity contribution < 1.29 is 23.4 Å². The summed E-state index contributed by atoms with van der Waals surface area (Å²) in [4.78, 5) is 19.5. The van der Waals surface area contributed by atoms with Crippen LogP contribution in [0.2, 0.25) is 0 Å². The maximum Gasteiger partial charge on any atom is 0.306 e. The number of esters is 1. The number of hydrogen-bond acceptors (Lipinski definition) is 5. The van der Waals surface area contributed by atoms with Crippen molar-refractivity contribution in [1.29, 1.82) is 0 Å². The van der Waals surface area contributed by atoms with Gasteiger partial charge in [0.1, 0.15) is 29.2 Å². The van der Waals surface area contributed by atoms with E-state index in [1.165, 1.54) is 7.11 Å². The lowest BCUT2D eigenvalue weighted by molar-refractivity contribution is -0.141. The molecule has 0 spiro atoms. The number of aryl methyl sites for hydroxylation is 3. The molecule has 0 saturated heterocycles. The van der Waals surface area contributed by atoms with Crippen molar-refractivity contribution in [3.63, 3.8) is 0 Å². The largest absolute Gasteiger partial charge is 0.492 e. The molecule has 0 unspecified atom stereocenters. The summed E-state index contributed by atoms with van der Waals surface area (Å²) in [7, 11) is 1.39. The van der Waals surface area contributed by atoms with Gasteiger partial charge in [-0.05, 0) is 85.7 Å². The van der Waals surface area contributed by atoms with Crippen LogP contribution >= 0.6 is 0 Å². The quantitative estimate of drug-likeness (QED) is 0.276. The van der Waals surface area contributed by atoms with Crippen LogP contribution in [0.4, 0.5) is 4.39 Å². The van der Waals surface area contributed by atoms with Gasteiger partial charge in [-0.3, -0.25) is 4.79 Å². The number of ether oxygens (including phenoxy) is 3. The Labute approximate surface area is 227 Å². The molecule has 0 saturated carbocycles. The number of imidazole rings is 1. The zero-order valence-corrected chi connectivity index (χ0v) is 22.6. The topological polar surface area (TPSA) is 73.4 Å². The van der Waals surface area contributed by atoms with E-state index in [0.717, 1.165) is 56.9 Å². The molecule has 3 aromatic carbocycles. The summed E-state index contributed by atoms with van der Waals surface area (Å²) >= 11 is 0. The number of halogens is 1. The van der Waals surface area contributed by atoms with Gasteiger partial charge >= 0.3 is 5.97 Å². The fourth-order valence-electron chi connectivity index (χ4n) is 6.08. The molecule has 1 N–H and O–H groups in total. The van der Waals surface area contributed by atoms with Gasteiger partial charge in [0.15, 0.2) is 0 Å². The van der Waals surface area contributed by atoms with Crippen molar-refractivity contribution in [3.8, 4) is 33.9 Å². The van der Waals surface area contributed by atoms with Crippen LogP contribution in [0.5, 0.6) is 11.5 Å². The summed E-state index contributed by atoms with van der Waals surface area (Å²) in [6, 6.07) is 13.4. The molecule has 2 aliphatic rings. The van der Waals surface area contributed by atoms with Gasteiger partial charge in [-0.2, -0.15) is 0 Å². The van der Waals surface area contributed by atoms with Gasteiger partial charge in [0.2, 0.25) is 0 Å². The third-order valence-electron chi connectivity index (χ3n) is 7.87. The molecule has 1 aliphatic heterocycles. The Kier molecular flexibility index (Phi) is 6.37. The van der Waals surface area contributed by atoms with Gasteiger partial charge in [0, 0.05) is 34.9 Å². The molecular weight excluding hydrogens is 495 g/mol. The zero-order valence-electron chi connectivity index (χ0n) is 22.6. The number of nitrogens with zero attached hydrogens (tertiary/aromatic N) is 1. The molecule has 1 aliphatic carbocycles. The normalized spacial score (nSPS) is 17.5. The molecule has 7 heteroatoms. The second-order valence-electron chi connectivity index (χ2n) is 10.5. The van der Waals surface area contributed by atoms with Gasteiger partial charge < -0.3 is 19.2 Å². The van der Waals surface area contributed by atoms with Gasteiger partial charge in [-0.1, -0.05) is 12.1 Å². The van der Waals surface area contributed by atoms with Crippen LogP contribution in [0.15, 0.2) is 48.7 Å². The molecule has 6 rings (SSSR count). The number of carbonyl (C=O) groups excluding carboxylic acids is 1. The lowest BCUT2D eigenvalue weighted by atomic mass is 9.88. The molecule has 1 aromatic heterocycles. The number of fused-ring (bicyclic) bond motifs is 2. The highest BCUT2D eigenvalue weighted by Crippen LogP contribution is 2.45. The van der Waals surface area contributed by atoms with E-state index in [0.29, 0.717) is 30.1 Å². The smallest absolute Gasteiger partial charge is 0.306 e. The molecule has 0 radical (unpaired) electrons. The maximum absolute atomic E-state index is 15.3. The van der Waals surface area contributed by atoms with E-state index in [9.17, 15) is 4.79 Å². The molecular formula is C32H31FN2O4. The number of benzene rings is 3. The Morgan fingerprint density at radius 1 is 1.13 bits per heavy atom. The summed E-state index contributed by atoms with van der Waals surface area (Å²) in [6.07, 6.45) is 3.22. The lowest BCUT2D eigenvalue weighted by Crippen LogP contribution is -2.09. The first-order valence-corrected chi connectivity index (χ1v) is 13.3. The summed E-state index contributed by atoms with van der Waals surface area (Å²) in [6.45, 7) is 6.56. The number of rotatable bonds is 6. The van der Waals surface area contributed by atoms with Crippen molar-refractivity contribution in [1.82, 2.24) is 9.97 Å². The van der Waals surface area contributed by atoms with Gasteiger partial charge in [0.05, 0.1) is 25.8 Å². The number of carbonyl (C=O) groups is 1. The van der Waals surface area contributed by atoms with Crippen molar-refractivity contribution in [3.05, 3.63) is 88.1 Å². The first-order chi connectivity index (χ1) is 18.8. The zero-order chi connectivity index (χ0) is 27.3. The average molecular weight is 527 g/mol.